The molecule has 0 aliphatic carbocycles. The lowest BCUT2D eigenvalue weighted by Crippen LogP contribution is -2.31. The molecule has 68 valence electrons. The molecular formula is C11H11BrO. The Bertz CT molecular complexity index is 331. The highest BCUT2D eigenvalue weighted by Gasteiger charge is 2.27. The summed E-state index contributed by atoms with van der Waals surface area (Å²) in [5.74, 6) is 0.916. The van der Waals surface area contributed by atoms with Crippen molar-refractivity contribution in [2.45, 2.75) is 25.9 Å². The summed E-state index contributed by atoms with van der Waals surface area (Å²) < 4.78 is 6.85. The monoisotopic (exact) mass is 238 g/mol. The van der Waals surface area contributed by atoms with E-state index in [9.17, 15) is 0 Å². The van der Waals surface area contributed by atoms with Crippen molar-refractivity contribution < 1.29 is 4.74 Å². The normalized spacial score (nSPS) is 19.0. The number of benzene rings is 1. The number of hydrogen-bond acceptors (Lipinski definition) is 1. The predicted molar refractivity (Wildman–Crippen MR) is 55.8 cm³/mol. The van der Waals surface area contributed by atoms with Gasteiger partial charge in [-0.1, -0.05) is 12.1 Å². The molecular weight excluding hydrogens is 228 g/mol. The number of para-hydroxylation sites is 1. The van der Waals surface area contributed by atoms with Crippen LogP contribution in [0.5, 0.6) is 5.75 Å². The first-order valence-electron chi connectivity index (χ1n) is 4.30. The third-order valence-corrected chi connectivity index (χ3v) is 2.67. The van der Waals surface area contributed by atoms with E-state index in [1.54, 1.807) is 0 Å². The molecule has 0 saturated heterocycles. The van der Waals surface area contributed by atoms with Crippen LogP contribution in [0.15, 0.2) is 22.7 Å². The summed E-state index contributed by atoms with van der Waals surface area (Å²) in [5.41, 5.74) is 0.936. The van der Waals surface area contributed by atoms with E-state index in [0.717, 1.165) is 22.2 Å². The SMILES string of the molecule is CC1(C)C[C]c2cccc(Br)c2O1. The van der Waals surface area contributed by atoms with Crippen molar-refractivity contribution in [1.29, 1.82) is 0 Å². The van der Waals surface area contributed by atoms with Gasteiger partial charge in [-0.15, -0.1) is 0 Å². The molecule has 1 aliphatic heterocycles. The maximum atomic E-state index is 5.84. The highest BCUT2D eigenvalue weighted by atomic mass is 79.9. The Morgan fingerprint density at radius 2 is 2.23 bits per heavy atom. The van der Waals surface area contributed by atoms with E-state index in [2.05, 4.69) is 36.2 Å². The molecule has 2 rings (SSSR count). The van der Waals surface area contributed by atoms with E-state index in [4.69, 9.17) is 4.74 Å². The highest BCUT2D eigenvalue weighted by Crippen LogP contribution is 2.38. The fraction of sp³-hybridized carbons (Fsp3) is 0.364. The standard InChI is InChI=1S/C11H11BrO/c1-11(2)7-6-8-4-3-5-9(12)10(8)13-11/h3-5H,7H2,1-2H3. The summed E-state index contributed by atoms with van der Waals surface area (Å²) in [5, 5.41) is 0. The van der Waals surface area contributed by atoms with Crippen LogP contribution in [-0.4, -0.2) is 5.60 Å². The van der Waals surface area contributed by atoms with Crippen LogP contribution in [0.25, 0.3) is 0 Å². The minimum Gasteiger partial charge on any atom is -0.486 e. The lowest BCUT2D eigenvalue weighted by Gasteiger charge is -2.32. The maximum absolute atomic E-state index is 5.84. The second-order valence-electron chi connectivity index (χ2n) is 3.83. The van der Waals surface area contributed by atoms with Crippen LogP contribution in [-0.2, 0) is 0 Å². The molecule has 1 aromatic rings. The number of rotatable bonds is 0. The molecule has 0 atom stereocenters. The second-order valence-corrected chi connectivity index (χ2v) is 4.69. The van der Waals surface area contributed by atoms with Crippen LogP contribution >= 0.6 is 15.9 Å². The molecule has 0 fully saturated rings. The fourth-order valence-corrected chi connectivity index (χ4v) is 1.82. The van der Waals surface area contributed by atoms with Gasteiger partial charge in [-0.3, -0.25) is 0 Å². The molecule has 0 amide bonds. The topological polar surface area (TPSA) is 9.23 Å². The lowest BCUT2D eigenvalue weighted by molar-refractivity contribution is 0.0977. The van der Waals surface area contributed by atoms with Crippen molar-refractivity contribution in [2.75, 3.05) is 0 Å². The number of fused-ring (bicyclic) bond motifs is 1. The Labute approximate surface area is 87.2 Å². The van der Waals surface area contributed by atoms with Gasteiger partial charge in [-0.05, 0) is 42.3 Å². The van der Waals surface area contributed by atoms with Gasteiger partial charge < -0.3 is 4.74 Å². The van der Waals surface area contributed by atoms with Crippen LogP contribution in [0.1, 0.15) is 25.8 Å². The fourth-order valence-electron chi connectivity index (χ4n) is 1.37. The molecule has 0 N–H and O–H groups in total. The molecule has 2 heteroatoms. The van der Waals surface area contributed by atoms with Crippen LogP contribution in [0.3, 0.4) is 0 Å². The summed E-state index contributed by atoms with van der Waals surface area (Å²) in [4.78, 5) is 0. The molecule has 0 spiro atoms. The third kappa shape index (κ3) is 1.73. The number of hydrogen-bond donors (Lipinski definition) is 0. The van der Waals surface area contributed by atoms with E-state index in [1.807, 2.05) is 18.2 Å². The van der Waals surface area contributed by atoms with E-state index in [-0.39, 0.29) is 5.60 Å². The van der Waals surface area contributed by atoms with Gasteiger partial charge in [0.1, 0.15) is 11.4 Å². The lowest BCUT2D eigenvalue weighted by atomic mass is 9.94. The van der Waals surface area contributed by atoms with Crippen LogP contribution in [0, 0.1) is 6.42 Å². The Kier molecular flexibility index (Phi) is 2.11. The number of halogens is 1. The molecule has 0 aromatic heterocycles. The predicted octanol–water partition coefficient (Wildman–Crippen LogP) is 3.44. The first-order chi connectivity index (χ1) is 6.08. The van der Waals surface area contributed by atoms with E-state index >= 15 is 0 Å². The first kappa shape index (κ1) is 9.07. The maximum Gasteiger partial charge on any atom is 0.138 e. The van der Waals surface area contributed by atoms with Gasteiger partial charge in [0.25, 0.3) is 0 Å². The summed E-state index contributed by atoms with van der Waals surface area (Å²) in [7, 11) is 0. The second kappa shape index (κ2) is 3.02. The van der Waals surface area contributed by atoms with Crippen molar-refractivity contribution in [2.24, 2.45) is 0 Å². The third-order valence-electron chi connectivity index (χ3n) is 2.05. The molecule has 1 nitrogen and oxygen atoms in total. The van der Waals surface area contributed by atoms with Gasteiger partial charge in [-0.2, -0.15) is 0 Å². The van der Waals surface area contributed by atoms with Crippen LogP contribution < -0.4 is 4.74 Å². The summed E-state index contributed by atoms with van der Waals surface area (Å²) >= 11 is 3.47. The van der Waals surface area contributed by atoms with E-state index in [0.29, 0.717) is 0 Å². The molecule has 2 radical (unpaired) electrons. The Morgan fingerprint density at radius 1 is 1.46 bits per heavy atom. The van der Waals surface area contributed by atoms with Gasteiger partial charge in [0.2, 0.25) is 0 Å². The van der Waals surface area contributed by atoms with E-state index in [1.165, 1.54) is 0 Å². The van der Waals surface area contributed by atoms with Crippen LogP contribution in [0.2, 0.25) is 0 Å². The van der Waals surface area contributed by atoms with Crippen molar-refractivity contribution in [3.63, 3.8) is 0 Å². The smallest absolute Gasteiger partial charge is 0.138 e. The quantitative estimate of drug-likeness (QED) is 0.673. The average molecular weight is 239 g/mol. The van der Waals surface area contributed by atoms with Gasteiger partial charge in [0.05, 0.1) is 4.47 Å². The van der Waals surface area contributed by atoms with Crippen molar-refractivity contribution >= 4 is 15.9 Å². The molecule has 0 saturated carbocycles. The molecule has 0 bridgehead atoms. The first-order valence-corrected chi connectivity index (χ1v) is 5.09. The Balaban J connectivity index is 2.44. The molecule has 0 unspecified atom stereocenters. The summed E-state index contributed by atoms with van der Waals surface area (Å²) in [6, 6.07) is 6.01. The number of ether oxygens (including phenoxy) is 1. The average Bonchev–Trinajstić information content (AvgIpc) is 2.06. The minimum atomic E-state index is -0.128. The zero-order valence-electron chi connectivity index (χ0n) is 7.73. The van der Waals surface area contributed by atoms with Gasteiger partial charge in [-0.25, -0.2) is 0 Å². The van der Waals surface area contributed by atoms with Gasteiger partial charge in [0.15, 0.2) is 0 Å². The molecule has 13 heavy (non-hydrogen) atoms. The molecule has 1 aromatic carbocycles. The minimum absolute atomic E-state index is 0.128. The van der Waals surface area contributed by atoms with Crippen molar-refractivity contribution in [1.82, 2.24) is 0 Å². The van der Waals surface area contributed by atoms with Gasteiger partial charge in [0, 0.05) is 12.0 Å². The van der Waals surface area contributed by atoms with Crippen LogP contribution in [0.4, 0.5) is 0 Å². The zero-order chi connectivity index (χ0) is 9.47. The Hall–Kier alpha value is -0.500. The highest BCUT2D eigenvalue weighted by molar-refractivity contribution is 9.10. The largest absolute Gasteiger partial charge is 0.486 e. The summed E-state index contributed by atoms with van der Waals surface area (Å²) in [6.45, 7) is 4.14. The zero-order valence-corrected chi connectivity index (χ0v) is 9.31. The molecule has 1 heterocycles. The van der Waals surface area contributed by atoms with E-state index < -0.39 is 0 Å². The van der Waals surface area contributed by atoms with Crippen molar-refractivity contribution in [3.8, 4) is 5.75 Å². The van der Waals surface area contributed by atoms with Crippen molar-refractivity contribution in [3.05, 3.63) is 34.7 Å². The molecule has 1 aliphatic rings. The van der Waals surface area contributed by atoms with Gasteiger partial charge >= 0.3 is 0 Å². The Morgan fingerprint density at radius 3 is 3.00 bits per heavy atom. The summed E-state index contributed by atoms with van der Waals surface area (Å²) in [6.07, 6.45) is 4.18.